The van der Waals surface area contributed by atoms with E-state index in [0.29, 0.717) is 17.6 Å². The van der Waals surface area contributed by atoms with Crippen molar-refractivity contribution in [1.29, 1.82) is 0 Å². The van der Waals surface area contributed by atoms with Crippen LogP contribution in [-0.2, 0) is 13.0 Å². The van der Waals surface area contributed by atoms with Gasteiger partial charge in [0.05, 0.1) is 22.3 Å². The quantitative estimate of drug-likeness (QED) is 0.584. The third-order valence-electron chi connectivity index (χ3n) is 4.21. The molecule has 3 heterocycles. The van der Waals surface area contributed by atoms with Crippen LogP contribution in [0.2, 0.25) is 5.02 Å². The maximum atomic E-state index is 6.27. The largest absolute Gasteiger partial charge is 0.357 e. The number of thiazole rings is 1. The fraction of sp³-hybridized carbons (Fsp3) is 0.500. The average molecular weight is 393 g/mol. The minimum atomic E-state index is 0.313. The molecule has 1 fully saturated rings. The highest BCUT2D eigenvalue weighted by atomic mass is 35.5. The minimum absolute atomic E-state index is 0.313. The van der Waals surface area contributed by atoms with Gasteiger partial charge in [-0.1, -0.05) is 18.5 Å². The van der Waals surface area contributed by atoms with E-state index in [1.54, 1.807) is 17.5 Å². The van der Waals surface area contributed by atoms with E-state index >= 15 is 0 Å². The van der Waals surface area contributed by atoms with Crippen LogP contribution in [0.5, 0.6) is 0 Å². The van der Waals surface area contributed by atoms with Crippen LogP contribution >= 0.6 is 22.9 Å². The van der Waals surface area contributed by atoms with Gasteiger partial charge in [-0.15, -0.1) is 11.3 Å². The molecule has 2 aromatic heterocycles. The zero-order valence-corrected chi connectivity index (χ0v) is 16.8. The van der Waals surface area contributed by atoms with E-state index in [9.17, 15) is 0 Å². The van der Waals surface area contributed by atoms with Crippen molar-refractivity contribution in [3.05, 3.63) is 39.4 Å². The van der Waals surface area contributed by atoms with E-state index in [-0.39, 0.29) is 0 Å². The van der Waals surface area contributed by atoms with E-state index in [4.69, 9.17) is 11.6 Å². The van der Waals surface area contributed by atoms with Crippen molar-refractivity contribution in [2.45, 2.75) is 39.3 Å². The molecule has 2 N–H and O–H groups in total. The van der Waals surface area contributed by atoms with Gasteiger partial charge in [0, 0.05) is 37.3 Å². The van der Waals surface area contributed by atoms with Crippen LogP contribution in [0.15, 0.2) is 28.7 Å². The lowest BCUT2D eigenvalue weighted by Gasteiger charge is -2.20. The maximum Gasteiger partial charge on any atom is 0.191 e. The molecule has 6 nitrogen and oxygen atoms in total. The lowest BCUT2D eigenvalue weighted by Crippen LogP contribution is -2.44. The van der Waals surface area contributed by atoms with Gasteiger partial charge in [-0.25, -0.2) is 15.0 Å². The highest BCUT2D eigenvalue weighted by molar-refractivity contribution is 7.09. The summed E-state index contributed by atoms with van der Waals surface area (Å²) in [7, 11) is 0. The number of aromatic nitrogens is 2. The Balaban J connectivity index is 1.59. The van der Waals surface area contributed by atoms with Crippen molar-refractivity contribution in [3.8, 4) is 0 Å². The smallest absolute Gasteiger partial charge is 0.191 e. The Morgan fingerprint density at radius 3 is 3.08 bits per heavy atom. The van der Waals surface area contributed by atoms with Crippen LogP contribution in [0, 0.1) is 0 Å². The summed E-state index contributed by atoms with van der Waals surface area (Å²) in [6, 6.07) is 4.05. The molecular formula is C18H25ClN6S. The summed E-state index contributed by atoms with van der Waals surface area (Å²) in [6.45, 7) is 7.40. The molecule has 1 aliphatic heterocycles. The summed E-state index contributed by atoms with van der Waals surface area (Å²) in [5.74, 6) is 1.69. The van der Waals surface area contributed by atoms with Gasteiger partial charge in [0.2, 0.25) is 0 Å². The molecule has 0 aliphatic carbocycles. The Kier molecular flexibility index (Phi) is 6.68. The molecule has 1 saturated heterocycles. The van der Waals surface area contributed by atoms with Gasteiger partial charge >= 0.3 is 0 Å². The fourth-order valence-electron chi connectivity index (χ4n) is 2.94. The molecule has 0 radical (unpaired) electrons. The number of anilines is 1. The normalized spacial score (nSPS) is 17.6. The first-order valence-corrected chi connectivity index (χ1v) is 10.3. The zero-order valence-electron chi connectivity index (χ0n) is 15.2. The highest BCUT2D eigenvalue weighted by Gasteiger charge is 2.25. The molecule has 0 amide bonds. The van der Waals surface area contributed by atoms with Crippen LogP contribution in [0.4, 0.5) is 5.82 Å². The van der Waals surface area contributed by atoms with Crippen molar-refractivity contribution >= 4 is 34.7 Å². The van der Waals surface area contributed by atoms with Crippen LogP contribution in [-0.4, -0.2) is 41.6 Å². The number of nitrogens with zero attached hydrogens (tertiary/aromatic N) is 4. The molecule has 2 aromatic rings. The van der Waals surface area contributed by atoms with Crippen LogP contribution in [0.25, 0.3) is 0 Å². The first kappa shape index (κ1) is 18.9. The molecule has 26 heavy (non-hydrogen) atoms. The average Bonchev–Trinajstić information content (AvgIpc) is 3.29. The lowest BCUT2D eigenvalue weighted by atomic mass is 10.3. The van der Waals surface area contributed by atoms with Gasteiger partial charge in [-0.3, -0.25) is 0 Å². The predicted octanol–water partition coefficient (Wildman–Crippen LogP) is 3.09. The van der Waals surface area contributed by atoms with Gasteiger partial charge in [0.1, 0.15) is 5.82 Å². The van der Waals surface area contributed by atoms with Gasteiger partial charge in [-0.05, 0) is 31.9 Å². The summed E-state index contributed by atoms with van der Waals surface area (Å²) >= 11 is 7.97. The number of guanidine groups is 1. The molecule has 1 atom stereocenters. The molecule has 3 rings (SSSR count). The van der Waals surface area contributed by atoms with Gasteiger partial charge < -0.3 is 15.5 Å². The SMILES string of the molecule is CCNC(=NCc1csc(CC)n1)NC1CCN(c2ncccc2Cl)C1. The van der Waals surface area contributed by atoms with Crippen LogP contribution in [0.3, 0.4) is 0 Å². The van der Waals surface area contributed by atoms with Gasteiger partial charge in [0.15, 0.2) is 5.96 Å². The topological polar surface area (TPSA) is 65.4 Å². The Labute approximate surface area is 163 Å². The highest BCUT2D eigenvalue weighted by Crippen LogP contribution is 2.25. The molecule has 0 aromatic carbocycles. The second kappa shape index (κ2) is 9.19. The fourth-order valence-corrected chi connectivity index (χ4v) is 3.91. The summed E-state index contributed by atoms with van der Waals surface area (Å²) in [6.07, 6.45) is 3.78. The first-order chi connectivity index (χ1) is 12.7. The third-order valence-corrected chi connectivity index (χ3v) is 5.55. The summed E-state index contributed by atoms with van der Waals surface area (Å²) in [5, 5.41) is 10.8. The molecule has 1 unspecified atom stereocenters. The third kappa shape index (κ3) is 4.86. The number of aliphatic imine (C=N–C) groups is 1. The Bertz CT molecular complexity index is 747. The number of pyridine rings is 1. The molecule has 0 bridgehead atoms. The maximum absolute atomic E-state index is 6.27. The van der Waals surface area contributed by atoms with Crippen molar-refractivity contribution in [2.24, 2.45) is 4.99 Å². The summed E-state index contributed by atoms with van der Waals surface area (Å²) in [5.41, 5.74) is 1.03. The Morgan fingerprint density at radius 1 is 1.46 bits per heavy atom. The number of halogens is 1. The van der Waals surface area contributed by atoms with Crippen molar-refractivity contribution in [1.82, 2.24) is 20.6 Å². The zero-order chi connectivity index (χ0) is 18.4. The molecule has 140 valence electrons. The van der Waals surface area contributed by atoms with Crippen LogP contribution in [0.1, 0.15) is 31.0 Å². The van der Waals surface area contributed by atoms with Crippen molar-refractivity contribution in [2.75, 3.05) is 24.5 Å². The monoisotopic (exact) mass is 392 g/mol. The standard InChI is InChI=1S/C18H25ClN6S/c1-3-16-23-14(12-26-16)10-22-18(20-4-2)24-13-7-9-25(11-13)17-15(19)6-5-8-21-17/h5-6,8,12-13H,3-4,7,9-11H2,1-2H3,(H2,20,22,24). The van der Waals surface area contributed by atoms with E-state index < -0.39 is 0 Å². The van der Waals surface area contributed by atoms with Gasteiger partial charge in [-0.2, -0.15) is 0 Å². The van der Waals surface area contributed by atoms with E-state index in [2.05, 4.69) is 49.7 Å². The molecule has 8 heteroatoms. The lowest BCUT2D eigenvalue weighted by molar-refractivity contribution is 0.648. The molecule has 1 aliphatic rings. The molecule has 0 saturated carbocycles. The summed E-state index contributed by atoms with van der Waals surface area (Å²) in [4.78, 5) is 15.9. The first-order valence-electron chi connectivity index (χ1n) is 9.03. The van der Waals surface area contributed by atoms with E-state index in [1.165, 1.54) is 0 Å². The second-order valence-electron chi connectivity index (χ2n) is 6.17. The van der Waals surface area contributed by atoms with E-state index in [1.807, 2.05) is 12.1 Å². The van der Waals surface area contributed by atoms with Crippen molar-refractivity contribution < 1.29 is 0 Å². The number of nitrogens with one attached hydrogen (secondary N) is 2. The number of rotatable bonds is 6. The number of aryl methyl sites for hydroxylation is 1. The van der Waals surface area contributed by atoms with Gasteiger partial charge in [0.25, 0.3) is 0 Å². The molecule has 0 spiro atoms. The minimum Gasteiger partial charge on any atom is -0.357 e. The van der Waals surface area contributed by atoms with Crippen LogP contribution < -0.4 is 15.5 Å². The summed E-state index contributed by atoms with van der Waals surface area (Å²) < 4.78 is 0. The Morgan fingerprint density at radius 2 is 2.35 bits per heavy atom. The Hall–Kier alpha value is -1.86. The number of hydrogen-bond donors (Lipinski definition) is 2. The predicted molar refractivity (Wildman–Crippen MR) is 109 cm³/mol. The number of hydrogen-bond acceptors (Lipinski definition) is 5. The van der Waals surface area contributed by atoms with Crippen molar-refractivity contribution in [3.63, 3.8) is 0 Å². The molecular weight excluding hydrogens is 368 g/mol. The van der Waals surface area contributed by atoms with E-state index in [0.717, 1.165) is 55.0 Å². The second-order valence-corrected chi connectivity index (χ2v) is 7.52.